The van der Waals surface area contributed by atoms with Crippen LogP contribution in [0, 0.1) is 5.92 Å². The lowest BCUT2D eigenvalue weighted by atomic mass is 9.99. The van der Waals surface area contributed by atoms with Gasteiger partial charge in [0.05, 0.1) is 12.5 Å². The summed E-state index contributed by atoms with van der Waals surface area (Å²) in [5.41, 5.74) is 1.14. The van der Waals surface area contributed by atoms with Gasteiger partial charge >= 0.3 is 18.1 Å². The van der Waals surface area contributed by atoms with Crippen LogP contribution in [-0.2, 0) is 28.5 Å². The highest BCUT2D eigenvalue weighted by atomic mass is 16.7. The average Bonchev–Trinajstić information content (AvgIpc) is 3.15. The second-order valence-electron chi connectivity index (χ2n) is 15.2. The third-order valence-electron chi connectivity index (χ3n) is 9.45. The quantitative estimate of drug-likeness (QED) is 0.0202. The van der Waals surface area contributed by atoms with E-state index in [1.165, 1.54) is 70.6 Å². The normalized spacial score (nSPS) is 12.5. The number of hydrogen-bond donors (Lipinski definition) is 0. The predicted octanol–water partition coefficient (Wildman–Crippen LogP) is 12.6. The summed E-state index contributed by atoms with van der Waals surface area (Å²) >= 11 is 0. The van der Waals surface area contributed by atoms with Crippen molar-refractivity contribution in [1.29, 1.82) is 0 Å². The van der Waals surface area contributed by atoms with E-state index in [9.17, 15) is 14.4 Å². The van der Waals surface area contributed by atoms with Gasteiger partial charge in [0.25, 0.3) is 0 Å². The van der Waals surface area contributed by atoms with Crippen LogP contribution in [0.25, 0.3) is 0 Å². The minimum absolute atomic E-state index is 0.00557. The summed E-state index contributed by atoms with van der Waals surface area (Å²) in [7, 11) is 3.92. The summed E-state index contributed by atoms with van der Waals surface area (Å²) in [5.74, 6) is -1.16. The van der Waals surface area contributed by atoms with Gasteiger partial charge in [0.15, 0.2) is 0 Å². The molecule has 0 saturated heterocycles. The van der Waals surface area contributed by atoms with Gasteiger partial charge in [-0.2, -0.15) is 0 Å². The van der Waals surface area contributed by atoms with E-state index < -0.39 is 18.0 Å². The molecule has 54 heavy (non-hydrogen) atoms. The van der Waals surface area contributed by atoms with Crippen molar-refractivity contribution in [2.75, 3.05) is 47.1 Å². The van der Waals surface area contributed by atoms with E-state index in [0.29, 0.717) is 12.8 Å². The molecule has 0 saturated carbocycles. The van der Waals surface area contributed by atoms with E-state index in [1.54, 1.807) is 6.08 Å². The molecular formula is C46H83NO7. The molecule has 0 bridgehead atoms. The van der Waals surface area contributed by atoms with Gasteiger partial charge in [-0.05, 0) is 84.7 Å². The number of carbonyl (C=O) groups excluding carboxylic acids is 3. The number of ether oxygens (including phenoxy) is 4. The lowest BCUT2D eigenvalue weighted by Crippen LogP contribution is -2.26. The van der Waals surface area contributed by atoms with Gasteiger partial charge in [-0.15, -0.1) is 0 Å². The summed E-state index contributed by atoms with van der Waals surface area (Å²) in [6.45, 7) is 7.63. The second-order valence-corrected chi connectivity index (χ2v) is 15.2. The maximum Gasteiger partial charge on any atom is 0.508 e. The zero-order chi connectivity index (χ0) is 39.7. The molecule has 0 spiro atoms. The van der Waals surface area contributed by atoms with Crippen molar-refractivity contribution in [3.05, 3.63) is 36.0 Å². The fourth-order valence-corrected chi connectivity index (χ4v) is 6.04. The number of rotatable bonds is 38. The van der Waals surface area contributed by atoms with Gasteiger partial charge < -0.3 is 23.8 Å². The molecule has 0 rings (SSSR count). The predicted molar refractivity (Wildman–Crippen MR) is 225 cm³/mol. The molecule has 0 heterocycles. The van der Waals surface area contributed by atoms with Crippen molar-refractivity contribution < 1.29 is 33.3 Å². The van der Waals surface area contributed by atoms with E-state index in [4.69, 9.17) is 18.9 Å². The minimum atomic E-state index is -0.773. The topological polar surface area (TPSA) is 91.4 Å². The highest BCUT2D eigenvalue weighted by Gasteiger charge is 2.18. The van der Waals surface area contributed by atoms with Gasteiger partial charge in [0.2, 0.25) is 0 Å². The smallest absolute Gasteiger partial charge is 0.465 e. The summed E-state index contributed by atoms with van der Waals surface area (Å²) in [4.78, 5) is 39.8. The van der Waals surface area contributed by atoms with Crippen LogP contribution in [0.1, 0.15) is 188 Å². The maximum atomic E-state index is 13.0. The number of esters is 2. The minimum Gasteiger partial charge on any atom is -0.465 e. The number of hydrogen-bond acceptors (Lipinski definition) is 8. The standard InChI is InChI=1S/C46H83NO7/c1-6-9-12-14-16-18-19-20-21-22-23-24-26-28-31-35-44(48)52-39-43(41-54-46(50)51-37-32-36-47(4)5)40-53-45(49)38-42(33-29-11-8-3)34-30-27-25-17-15-13-10-7-2/h16,18,20-21,38,43H,6-15,17,19,22-37,39-41H2,1-5H3/b18-16-,21-20-,42-38+. The van der Waals surface area contributed by atoms with Gasteiger partial charge in [-0.25, -0.2) is 9.59 Å². The summed E-state index contributed by atoms with van der Waals surface area (Å²) < 4.78 is 21.7. The Morgan fingerprint density at radius 1 is 0.519 bits per heavy atom. The molecule has 0 aromatic heterocycles. The molecule has 0 amide bonds. The fourth-order valence-electron chi connectivity index (χ4n) is 6.04. The molecule has 0 aliphatic heterocycles. The molecule has 0 aromatic rings. The van der Waals surface area contributed by atoms with Crippen LogP contribution in [0.4, 0.5) is 4.79 Å². The van der Waals surface area contributed by atoms with Crippen molar-refractivity contribution in [2.45, 2.75) is 188 Å². The third kappa shape index (κ3) is 37.7. The molecule has 0 N–H and O–H groups in total. The molecule has 0 aliphatic rings. The van der Waals surface area contributed by atoms with Crippen molar-refractivity contribution >= 4 is 18.1 Å². The fraction of sp³-hybridized carbons (Fsp3) is 0.804. The third-order valence-corrected chi connectivity index (χ3v) is 9.45. The highest BCUT2D eigenvalue weighted by Crippen LogP contribution is 2.19. The maximum absolute atomic E-state index is 13.0. The van der Waals surface area contributed by atoms with E-state index in [1.807, 2.05) is 19.0 Å². The Balaban J connectivity index is 4.76. The molecule has 0 radical (unpaired) electrons. The number of allylic oxidation sites excluding steroid dienone is 5. The zero-order valence-corrected chi connectivity index (χ0v) is 35.7. The van der Waals surface area contributed by atoms with Gasteiger partial charge in [0, 0.05) is 19.0 Å². The summed E-state index contributed by atoms with van der Waals surface area (Å²) in [6.07, 6.45) is 38.5. The van der Waals surface area contributed by atoms with Crippen LogP contribution in [0.3, 0.4) is 0 Å². The number of nitrogens with zero attached hydrogens (tertiary/aromatic N) is 1. The van der Waals surface area contributed by atoms with Crippen LogP contribution in [0.2, 0.25) is 0 Å². The van der Waals surface area contributed by atoms with Gasteiger partial charge in [-0.3, -0.25) is 4.79 Å². The lowest BCUT2D eigenvalue weighted by molar-refractivity contribution is -0.148. The monoisotopic (exact) mass is 762 g/mol. The average molecular weight is 762 g/mol. The Morgan fingerprint density at radius 2 is 1.00 bits per heavy atom. The summed E-state index contributed by atoms with van der Waals surface area (Å²) in [5, 5.41) is 0. The first-order valence-electron chi connectivity index (χ1n) is 22.1. The summed E-state index contributed by atoms with van der Waals surface area (Å²) in [6, 6.07) is 0. The molecule has 1 unspecified atom stereocenters. The number of carbonyl (C=O) groups is 3. The Labute approximate surface area is 332 Å². The first kappa shape index (κ1) is 51.4. The molecule has 8 nitrogen and oxygen atoms in total. The van der Waals surface area contributed by atoms with E-state index in [0.717, 1.165) is 95.6 Å². The van der Waals surface area contributed by atoms with Crippen LogP contribution >= 0.6 is 0 Å². The molecule has 0 fully saturated rings. The molecule has 8 heteroatoms. The van der Waals surface area contributed by atoms with Crippen LogP contribution < -0.4 is 0 Å². The van der Waals surface area contributed by atoms with Crippen LogP contribution in [0.15, 0.2) is 36.0 Å². The van der Waals surface area contributed by atoms with Crippen LogP contribution in [0.5, 0.6) is 0 Å². The van der Waals surface area contributed by atoms with Crippen LogP contribution in [-0.4, -0.2) is 70.1 Å². The Kier molecular flexibility index (Phi) is 38.1. The first-order valence-corrected chi connectivity index (χ1v) is 22.1. The second kappa shape index (κ2) is 40.1. The van der Waals surface area contributed by atoms with Gasteiger partial charge in [-0.1, -0.05) is 141 Å². The van der Waals surface area contributed by atoms with E-state index in [-0.39, 0.29) is 32.4 Å². The van der Waals surface area contributed by atoms with Crippen molar-refractivity contribution in [2.24, 2.45) is 5.92 Å². The SMILES string of the molecule is CCCCC/C=C\C/C=C\CCCCCCCC(=O)OCC(COC(=O)/C=C(\CCCCC)CCCCCCCCCC)COC(=O)OCCCN(C)C. The molecular weight excluding hydrogens is 679 g/mol. The molecule has 1 atom stereocenters. The Bertz CT molecular complexity index is 974. The number of unbranched alkanes of at least 4 members (excludes halogenated alkanes) is 17. The molecule has 0 aliphatic carbocycles. The van der Waals surface area contributed by atoms with E-state index in [2.05, 4.69) is 45.1 Å². The largest absolute Gasteiger partial charge is 0.508 e. The Hall–Kier alpha value is -2.61. The van der Waals surface area contributed by atoms with Crippen molar-refractivity contribution in [3.8, 4) is 0 Å². The molecule has 314 valence electrons. The molecule has 0 aromatic carbocycles. The van der Waals surface area contributed by atoms with Crippen molar-refractivity contribution in [1.82, 2.24) is 4.90 Å². The zero-order valence-electron chi connectivity index (χ0n) is 35.7. The lowest BCUT2D eigenvalue weighted by Gasteiger charge is -2.17. The van der Waals surface area contributed by atoms with Crippen molar-refractivity contribution in [3.63, 3.8) is 0 Å². The first-order chi connectivity index (χ1) is 26.3. The van der Waals surface area contributed by atoms with Gasteiger partial charge in [0.1, 0.15) is 19.8 Å². The highest BCUT2D eigenvalue weighted by molar-refractivity contribution is 5.82. The van der Waals surface area contributed by atoms with E-state index >= 15 is 0 Å². The Morgan fingerprint density at radius 3 is 1.63 bits per heavy atom.